The molecule has 1 N–H and O–H groups in total. The van der Waals surface area contributed by atoms with Gasteiger partial charge in [-0.2, -0.15) is 0 Å². The Morgan fingerprint density at radius 3 is 2.76 bits per heavy atom. The Labute approximate surface area is 102 Å². The molecular formula is C12H22N2O3. The van der Waals surface area contributed by atoms with Crippen LogP contribution in [0.4, 0.5) is 0 Å². The van der Waals surface area contributed by atoms with Gasteiger partial charge in [0.1, 0.15) is 6.10 Å². The van der Waals surface area contributed by atoms with Crippen LogP contribution in [0.1, 0.15) is 12.8 Å². The fourth-order valence-corrected chi connectivity index (χ4v) is 2.38. The van der Waals surface area contributed by atoms with E-state index in [2.05, 4.69) is 5.32 Å². The number of amides is 1. The first kappa shape index (κ1) is 12.8. The van der Waals surface area contributed by atoms with Gasteiger partial charge in [0, 0.05) is 39.9 Å². The van der Waals surface area contributed by atoms with Crippen LogP contribution in [0.5, 0.6) is 0 Å². The third-order valence-electron chi connectivity index (χ3n) is 3.45. The summed E-state index contributed by atoms with van der Waals surface area (Å²) in [6.45, 7) is 4.58. The normalized spacial score (nSPS) is 26.8. The Morgan fingerprint density at radius 2 is 2.12 bits per heavy atom. The van der Waals surface area contributed by atoms with Crippen LogP contribution in [0.2, 0.25) is 0 Å². The summed E-state index contributed by atoms with van der Waals surface area (Å²) in [5.74, 6) is 0.679. The molecular weight excluding hydrogens is 220 g/mol. The van der Waals surface area contributed by atoms with E-state index in [1.807, 2.05) is 11.9 Å². The maximum Gasteiger partial charge on any atom is 0.252 e. The molecule has 2 aliphatic heterocycles. The molecule has 2 saturated heterocycles. The lowest BCUT2D eigenvalue weighted by atomic mass is 10.00. The zero-order valence-electron chi connectivity index (χ0n) is 10.5. The Kier molecular flexibility index (Phi) is 4.76. The average Bonchev–Trinajstić information content (AvgIpc) is 2.40. The van der Waals surface area contributed by atoms with Crippen molar-refractivity contribution >= 4 is 5.91 Å². The van der Waals surface area contributed by atoms with Crippen LogP contribution in [-0.2, 0) is 14.3 Å². The van der Waals surface area contributed by atoms with E-state index >= 15 is 0 Å². The van der Waals surface area contributed by atoms with E-state index < -0.39 is 0 Å². The summed E-state index contributed by atoms with van der Waals surface area (Å²) in [7, 11) is 1.87. The molecule has 2 aliphatic rings. The number of rotatable bonds is 3. The number of hydrogen-bond donors (Lipinski definition) is 1. The van der Waals surface area contributed by atoms with Crippen molar-refractivity contribution in [2.45, 2.75) is 18.9 Å². The molecule has 0 aromatic rings. The summed E-state index contributed by atoms with van der Waals surface area (Å²) in [4.78, 5) is 13.9. The van der Waals surface area contributed by atoms with E-state index in [1.165, 1.54) is 0 Å². The van der Waals surface area contributed by atoms with Crippen molar-refractivity contribution in [3.05, 3.63) is 0 Å². The van der Waals surface area contributed by atoms with Crippen molar-refractivity contribution in [3.63, 3.8) is 0 Å². The zero-order valence-corrected chi connectivity index (χ0v) is 10.5. The fraction of sp³-hybridized carbons (Fsp3) is 0.917. The molecule has 0 aliphatic carbocycles. The van der Waals surface area contributed by atoms with Crippen LogP contribution in [0, 0.1) is 5.92 Å². The zero-order chi connectivity index (χ0) is 12.1. The second-order valence-electron chi connectivity index (χ2n) is 4.84. The van der Waals surface area contributed by atoms with Crippen molar-refractivity contribution in [1.29, 1.82) is 0 Å². The van der Waals surface area contributed by atoms with Crippen LogP contribution < -0.4 is 5.32 Å². The molecule has 1 unspecified atom stereocenters. The van der Waals surface area contributed by atoms with Gasteiger partial charge in [0.25, 0.3) is 5.91 Å². The molecule has 2 fully saturated rings. The smallest absolute Gasteiger partial charge is 0.252 e. The molecule has 1 amide bonds. The highest BCUT2D eigenvalue weighted by molar-refractivity contribution is 5.81. The van der Waals surface area contributed by atoms with Crippen LogP contribution in [0.3, 0.4) is 0 Å². The molecule has 0 aromatic carbocycles. The van der Waals surface area contributed by atoms with Crippen LogP contribution in [-0.4, -0.2) is 63.4 Å². The van der Waals surface area contributed by atoms with E-state index in [1.54, 1.807) is 0 Å². The summed E-state index contributed by atoms with van der Waals surface area (Å²) in [6, 6.07) is 0. The molecule has 5 heteroatoms. The highest BCUT2D eigenvalue weighted by Gasteiger charge is 2.26. The first-order chi connectivity index (χ1) is 8.27. The SMILES string of the molecule is CN(CC1CCOCC1)C(=O)C1CNCCO1. The van der Waals surface area contributed by atoms with Gasteiger partial charge in [-0.1, -0.05) is 0 Å². The maximum atomic E-state index is 12.1. The van der Waals surface area contributed by atoms with Gasteiger partial charge in [0.05, 0.1) is 6.61 Å². The molecule has 0 radical (unpaired) electrons. The second-order valence-corrected chi connectivity index (χ2v) is 4.84. The maximum absolute atomic E-state index is 12.1. The lowest BCUT2D eigenvalue weighted by Crippen LogP contribution is -2.49. The first-order valence-corrected chi connectivity index (χ1v) is 6.42. The van der Waals surface area contributed by atoms with Gasteiger partial charge in [-0.3, -0.25) is 4.79 Å². The third kappa shape index (κ3) is 3.66. The lowest BCUT2D eigenvalue weighted by Gasteiger charge is -2.31. The molecule has 17 heavy (non-hydrogen) atoms. The third-order valence-corrected chi connectivity index (χ3v) is 3.45. The van der Waals surface area contributed by atoms with Crippen LogP contribution in [0.25, 0.3) is 0 Å². The minimum absolute atomic E-state index is 0.101. The van der Waals surface area contributed by atoms with Crippen molar-refractivity contribution < 1.29 is 14.3 Å². The molecule has 5 nitrogen and oxygen atoms in total. The van der Waals surface area contributed by atoms with E-state index in [-0.39, 0.29) is 12.0 Å². The standard InChI is InChI=1S/C12H22N2O3/c1-14(9-10-2-5-16-6-3-10)12(15)11-8-13-4-7-17-11/h10-11,13H,2-9H2,1H3. The molecule has 2 heterocycles. The largest absolute Gasteiger partial charge is 0.381 e. The Balaban J connectivity index is 1.77. The molecule has 1 atom stereocenters. The van der Waals surface area contributed by atoms with Crippen LogP contribution >= 0.6 is 0 Å². The number of hydrogen-bond acceptors (Lipinski definition) is 4. The topological polar surface area (TPSA) is 50.8 Å². The van der Waals surface area contributed by atoms with Crippen molar-refractivity contribution in [2.75, 3.05) is 46.5 Å². The lowest BCUT2D eigenvalue weighted by molar-refractivity contribution is -0.144. The number of likely N-dealkylation sites (N-methyl/N-ethyl adjacent to an activating group) is 1. The van der Waals surface area contributed by atoms with Gasteiger partial charge in [-0.25, -0.2) is 0 Å². The molecule has 0 bridgehead atoms. The Morgan fingerprint density at radius 1 is 1.35 bits per heavy atom. The predicted molar refractivity (Wildman–Crippen MR) is 63.8 cm³/mol. The Bertz CT molecular complexity index is 248. The monoisotopic (exact) mass is 242 g/mol. The number of nitrogens with zero attached hydrogens (tertiary/aromatic N) is 1. The van der Waals surface area contributed by atoms with Gasteiger partial charge in [0.15, 0.2) is 0 Å². The quantitative estimate of drug-likeness (QED) is 0.748. The molecule has 98 valence electrons. The minimum Gasteiger partial charge on any atom is -0.381 e. The summed E-state index contributed by atoms with van der Waals surface area (Å²) in [5, 5.41) is 3.18. The first-order valence-electron chi connectivity index (χ1n) is 6.42. The second kappa shape index (κ2) is 6.33. The number of carbonyl (C=O) groups is 1. The number of nitrogens with one attached hydrogen (secondary N) is 1. The highest BCUT2D eigenvalue weighted by atomic mass is 16.5. The Hall–Kier alpha value is -0.650. The molecule has 0 spiro atoms. The minimum atomic E-state index is -0.298. The van der Waals surface area contributed by atoms with Gasteiger partial charge < -0.3 is 19.7 Å². The van der Waals surface area contributed by atoms with Crippen molar-refractivity contribution in [3.8, 4) is 0 Å². The van der Waals surface area contributed by atoms with Crippen LogP contribution in [0.15, 0.2) is 0 Å². The van der Waals surface area contributed by atoms with Crippen molar-refractivity contribution in [1.82, 2.24) is 10.2 Å². The predicted octanol–water partition coefficient (Wildman–Crippen LogP) is -0.140. The van der Waals surface area contributed by atoms with E-state index in [0.29, 0.717) is 19.1 Å². The average molecular weight is 242 g/mol. The van der Waals surface area contributed by atoms with E-state index in [0.717, 1.165) is 39.1 Å². The van der Waals surface area contributed by atoms with E-state index in [9.17, 15) is 4.79 Å². The number of morpholine rings is 1. The summed E-state index contributed by atoms with van der Waals surface area (Å²) < 4.78 is 10.8. The van der Waals surface area contributed by atoms with Gasteiger partial charge in [-0.05, 0) is 18.8 Å². The fourth-order valence-electron chi connectivity index (χ4n) is 2.38. The number of carbonyl (C=O) groups excluding carboxylic acids is 1. The summed E-state index contributed by atoms with van der Waals surface area (Å²) in [5.41, 5.74) is 0. The molecule has 0 aromatic heterocycles. The number of ether oxygens (including phenoxy) is 2. The van der Waals surface area contributed by atoms with Gasteiger partial charge >= 0.3 is 0 Å². The molecule has 2 rings (SSSR count). The van der Waals surface area contributed by atoms with E-state index in [4.69, 9.17) is 9.47 Å². The summed E-state index contributed by atoms with van der Waals surface area (Å²) >= 11 is 0. The summed E-state index contributed by atoms with van der Waals surface area (Å²) in [6.07, 6.45) is 1.82. The van der Waals surface area contributed by atoms with Gasteiger partial charge in [0.2, 0.25) is 0 Å². The highest BCUT2D eigenvalue weighted by Crippen LogP contribution is 2.16. The van der Waals surface area contributed by atoms with Gasteiger partial charge in [-0.15, -0.1) is 0 Å². The molecule has 0 saturated carbocycles. The van der Waals surface area contributed by atoms with Crippen molar-refractivity contribution in [2.24, 2.45) is 5.92 Å².